The van der Waals surface area contributed by atoms with Gasteiger partial charge in [0.25, 0.3) is 11.8 Å². The second-order valence-corrected chi connectivity index (χ2v) is 7.86. The number of methoxy groups -OCH3 is 1. The smallest absolute Gasteiger partial charge is 0.255 e. The van der Waals surface area contributed by atoms with Crippen molar-refractivity contribution in [3.63, 3.8) is 0 Å². The number of carbonyl (C=O) groups excluding carboxylic acids is 2. The standard InChI is InChI=1S/C26H26N2O3/c1-18-8-9-21(16-24(18)27-25(29)20-6-4-3-5-7-20)26(30)28-15-14-22(17-28)19-10-12-23(31-2)13-11-19/h3-13,16,22H,14-15,17H2,1-2H3,(H,27,29). The monoisotopic (exact) mass is 414 g/mol. The van der Waals surface area contributed by atoms with Gasteiger partial charge in [0, 0.05) is 35.8 Å². The molecule has 2 amide bonds. The maximum Gasteiger partial charge on any atom is 0.255 e. The predicted octanol–water partition coefficient (Wildman–Crippen LogP) is 4.89. The Balaban J connectivity index is 1.46. The number of aryl methyl sites for hydroxylation is 1. The van der Waals surface area contributed by atoms with E-state index in [-0.39, 0.29) is 11.8 Å². The Hall–Kier alpha value is -3.60. The zero-order chi connectivity index (χ0) is 21.8. The molecular weight excluding hydrogens is 388 g/mol. The molecule has 1 unspecified atom stereocenters. The predicted molar refractivity (Wildman–Crippen MR) is 122 cm³/mol. The Kier molecular flexibility index (Phi) is 6.03. The first kappa shape index (κ1) is 20.7. The Morgan fingerprint density at radius 3 is 2.42 bits per heavy atom. The van der Waals surface area contributed by atoms with Crippen LogP contribution in [-0.4, -0.2) is 36.9 Å². The number of anilines is 1. The molecule has 0 aliphatic carbocycles. The average Bonchev–Trinajstić information content (AvgIpc) is 3.31. The minimum absolute atomic E-state index is 0.00813. The Morgan fingerprint density at radius 2 is 1.71 bits per heavy atom. The summed E-state index contributed by atoms with van der Waals surface area (Å²) in [7, 11) is 1.66. The fourth-order valence-corrected chi connectivity index (χ4v) is 3.95. The van der Waals surface area contributed by atoms with E-state index in [1.807, 2.05) is 54.3 Å². The Bertz CT molecular complexity index is 1080. The highest BCUT2D eigenvalue weighted by Crippen LogP contribution is 2.30. The molecule has 1 heterocycles. The van der Waals surface area contributed by atoms with Gasteiger partial charge in [-0.3, -0.25) is 9.59 Å². The lowest BCUT2D eigenvalue weighted by Gasteiger charge is -2.18. The lowest BCUT2D eigenvalue weighted by Crippen LogP contribution is -2.28. The zero-order valence-electron chi connectivity index (χ0n) is 17.8. The number of nitrogens with one attached hydrogen (secondary N) is 1. The van der Waals surface area contributed by atoms with Crippen LogP contribution < -0.4 is 10.1 Å². The number of benzene rings is 3. The summed E-state index contributed by atoms with van der Waals surface area (Å²) in [4.78, 5) is 27.6. The van der Waals surface area contributed by atoms with Gasteiger partial charge in [-0.1, -0.05) is 36.4 Å². The number of nitrogens with zero attached hydrogens (tertiary/aromatic N) is 1. The second-order valence-electron chi connectivity index (χ2n) is 7.86. The minimum Gasteiger partial charge on any atom is -0.497 e. The van der Waals surface area contributed by atoms with E-state index in [4.69, 9.17) is 4.74 Å². The largest absolute Gasteiger partial charge is 0.497 e. The van der Waals surface area contributed by atoms with Crippen LogP contribution in [0.15, 0.2) is 72.8 Å². The highest BCUT2D eigenvalue weighted by atomic mass is 16.5. The number of likely N-dealkylation sites (tertiary alicyclic amines) is 1. The first-order valence-electron chi connectivity index (χ1n) is 10.5. The lowest BCUT2D eigenvalue weighted by atomic mass is 9.98. The van der Waals surface area contributed by atoms with Crippen LogP contribution in [0.4, 0.5) is 5.69 Å². The second kappa shape index (κ2) is 9.04. The molecule has 1 aliphatic heterocycles. The van der Waals surface area contributed by atoms with Crippen LogP contribution in [0.5, 0.6) is 5.75 Å². The average molecular weight is 415 g/mol. The van der Waals surface area contributed by atoms with E-state index < -0.39 is 0 Å². The van der Waals surface area contributed by atoms with Gasteiger partial charge in [-0.05, 0) is 60.9 Å². The molecule has 0 spiro atoms. The van der Waals surface area contributed by atoms with Crippen molar-refractivity contribution < 1.29 is 14.3 Å². The SMILES string of the molecule is COc1ccc(C2CCN(C(=O)c3ccc(C)c(NC(=O)c4ccccc4)c3)C2)cc1. The summed E-state index contributed by atoms with van der Waals surface area (Å²) in [5.41, 5.74) is 3.96. The van der Waals surface area contributed by atoms with Crippen LogP contribution >= 0.6 is 0 Å². The van der Waals surface area contributed by atoms with Crippen LogP contribution in [0.3, 0.4) is 0 Å². The van der Waals surface area contributed by atoms with Gasteiger partial charge in [0.15, 0.2) is 0 Å². The highest BCUT2D eigenvalue weighted by Gasteiger charge is 2.28. The molecule has 0 bridgehead atoms. The molecule has 0 radical (unpaired) electrons. The van der Waals surface area contributed by atoms with Gasteiger partial charge >= 0.3 is 0 Å². The van der Waals surface area contributed by atoms with Crippen LogP contribution in [0.2, 0.25) is 0 Å². The van der Waals surface area contributed by atoms with E-state index in [0.29, 0.717) is 29.3 Å². The van der Waals surface area contributed by atoms with Gasteiger partial charge in [-0.15, -0.1) is 0 Å². The van der Waals surface area contributed by atoms with Crippen molar-refractivity contribution in [2.24, 2.45) is 0 Å². The number of ether oxygens (including phenoxy) is 1. The molecule has 1 aliphatic rings. The van der Waals surface area contributed by atoms with Crippen LogP contribution in [0.25, 0.3) is 0 Å². The van der Waals surface area contributed by atoms with Gasteiger partial charge in [0.2, 0.25) is 0 Å². The molecule has 1 saturated heterocycles. The third-order valence-electron chi connectivity index (χ3n) is 5.83. The zero-order valence-corrected chi connectivity index (χ0v) is 17.8. The van der Waals surface area contributed by atoms with Crippen molar-refractivity contribution in [1.82, 2.24) is 4.90 Å². The molecule has 0 aromatic heterocycles. The van der Waals surface area contributed by atoms with E-state index >= 15 is 0 Å². The van der Waals surface area contributed by atoms with E-state index in [1.54, 1.807) is 25.3 Å². The first-order chi connectivity index (χ1) is 15.0. The van der Waals surface area contributed by atoms with Crippen molar-refractivity contribution in [2.75, 3.05) is 25.5 Å². The highest BCUT2D eigenvalue weighted by molar-refractivity contribution is 6.05. The summed E-state index contributed by atoms with van der Waals surface area (Å²) in [6, 6.07) is 22.6. The molecule has 5 nitrogen and oxygen atoms in total. The number of hydrogen-bond acceptors (Lipinski definition) is 3. The number of rotatable bonds is 5. The van der Waals surface area contributed by atoms with Crippen molar-refractivity contribution in [3.8, 4) is 5.75 Å². The molecule has 3 aromatic carbocycles. The fourth-order valence-electron chi connectivity index (χ4n) is 3.95. The Labute approximate surface area is 182 Å². The normalized spacial score (nSPS) is 15.5. The molecule has 5 heteroatoms. The van der Waals surface area contributed by atoms with Crippen molar-refractivity contribution >= 4 is 17.5 Å². The third kappa shape index (κ3) is 4.61. The maximum absolute atomic E-state index is 13.1. The summed E-state index contributed by atoms with van der Waals surface area (Å²) >= 11 is 0. The molecule has 3 aromatic rings. The fraction of sp³-hybridized carbons (Fsp3) is 0.231. The van der Waals surface area contributed by atoms with E-state index in [9.17, 15) is 9.59 Å². The summed E-state index contributed by atoms with van der Waals surface area (Å²) in [5.74, 6) is 0.956. The van der Waals surface area contributed by atoms with Crippen LogP contribution in [0.1, 0.15) is 44.2 Å². The summed E-state index contributed by atoms with van der Waals surface area (Å²) in [6.45, 7) is 3.32. The molecule has 1 N–H and O–H groups in total. The molecule has 4 rings (SSSR count). The Morgan fingerprint density at radius 1 is 0.968 bits per heavy atom. The molecule has 1 atom stereocenters. The number of carbonyl (C=O) groups is 2. The van der Waals surface area contributed by atoms with Gasteiger partial charge < -0.3 is 15.0 Å². The van der Waals surface area contributed by atoms with Crippen molar-refractivity contribution in [2.45, 2.75) is 19.3 Å². The first-order valence-corrected chi connectivity index (χ1v) is 10.5. The third-order valence-corrected chi connectivity index (χ3v) is 5.83. The minimum atomic E-state index is -0.186. The molecule has 1 fully saturated rings. The van der Waals surface area contributed by atoms with Crippen molar-refractivity contribution in [1.29, 1.82) is 0 Å². The topological polar surface area (TPSA) is 58.6 Å². The van der Waals surface area contributed by atoms with Gasteiger partial charge in [-0.2, -0.15) is 0 Å². The van der Waals surface area contributed by atoms with Gasteiger partial charge in [0.05, 0.1) is 7.11 Å². The summed E-state index contributed by atoms with van der Waals surface area (Å²) in [6.07, 6.45) is 0.932. The van der Waals surface area contributed by atoms with E-state index in [1.165, 1.54) is 5.56 Å². The molecule has 31 heavy (non-hydrogen) atoms. The number of amides is 2. The summed E-state index contributed by atoms with van der Waals surface area (Å²) in [5, 5.41) is 2.94. The van der Waals surface area contributed by atoms with E-state index in [2.05, 4.69) is 17.4 Å². The maximum atomic E-state index is 13.1. The van der Waals surface area contributed by atoms with Crippen LogP contribution in [-0.2, 0) is 0 Å². The number of hydrogen-bond donors (Lipinski definition) is 1. The summed E-state index contributed by atoms with van der Waals surface area (Å²) < 4.78 is 5.23. The van der Waals surface area contributed by atoms with Crippen LogP contribution in [0, 0.1) is 6.92 Å². The van der Waals surface area contributed by atoms with Crippen molar-refractivity contribution in [3.05, 3.63) is 95.1 Å². The molecule has 158 valence electrons. The lowest BCUT2D eigenvalue weighted by molar-refractivity contribution is 0.0790. The molecule has 0 saturated carbocycles. The van der Waals surface area contributed by atoms with E-state index in [0.717, 1.165) is 24.3 Å². The molecular formula is C26H26N2O3. The van der Waals surface area contributed by atoms with Gasteiger partial charge in [-0.25, -0.2) is 0 Å². The van der Waals surface area contributed by atoms with Gasteiger partial charge in [0.1, 0.15) is 5.75 Å². The quantitative estimate of drug-likeness (QED) is 0.647.